The summed E-state index contributed by atoms with van der Waals surface area (Å²) >= 11 is 1.67. The van der Waals surface area contributed by atoms with E-state index in [9.17, 15) is 9.18 Å². The predicted molar refractivity (Wildman–Crippen MR) is 115 cm³/mol. The first-order chi connectivity index (χ1) is 14.6. The first-order valence-corrected chi connectivity index (χ1v) is 10.9. The Kier molecular flexibility index (Phi) is 4.87. The van der Waals surface area contributed by atoms with Gasteiger partial charge in [-0.05, 0) is 73.6 Å². The number of hydrogen-bond donors (Lipinski definition) is 1. The van der Waals surface area contributed by atoms with Gasteiger partial charge in [0.1, 0.15) is 22.2 Å². The molecular weight excluding hydrogens is 401 g/mol. The van der Waals surface area contributed by atoms with Gasteiger partial charge in [-0.25, -0.2) is 9.37 Å². The van der Waals surface area contributed by atoms with Gasteiger partial charge in [-0.3, -0.25) is 4.79 Å². The van der Waals surface area contributed by atoms with Crippen LogP contribution in [-0.4, -0.2) is 16.1 Å². The molecule has 0 radical (unpaired) electrons. The lowest BCUT2D eigenvalue weighted by molar-refractivity contribution is -0.137. The van der Waals surface area contributed by atoms with Crippen molar-refractivity contribution in [1.82, 2.24) is 4.98 Å². The van der Waals surface area contributed by atoms with E-state index in [4.69, 9.17) is 9.52 Å². The summed E-state index contributed by atoms with van der Waals surface area (Å²) in [4.78, 5) is 16.6. The van der Waals surface area contributed by atoms with Crippen LogP contribution in [0.4, 0.5) is 4.39 Å². The average molecular weight is 421 g/mol. The number of thiazole rings is 1. The minimum atomic E-state index is -0.785. The van der Waals surface area contributed by atoms with Crippen molar-refractivity contribution in [2.24, 2.45) is 0 Å². The number of aromatic nitrogens is 1. The molecule has 1 aliphatic rings. The number of carboxylic acid groups (broad SMARTS) is 1. The molecule has 5 rings (SSSR count). The molecule has 4 aromatic rings. The number of aliphatic carboxylic acids is 1. The van der Waals surface area contributed by atoms with Crippen molar-refractivity contribution in [1.29, 1.82) is 0 Å². The van der Waals surface area contributed by atoms with Crippen molar-refractivity contribution >= 4 is 28.3 Å². The van der Waals surface area contributed by atoms with E-state index in [1.54, 1.807) is 17.4 Å². The molecule has 1 N–H and O–H groups in total. The molecule has 2 aromatic heterocycles. The van der Waals surface area contributed by atoms with Crippen LogP contribution in [0.15, 0.2) is 53.1 Å². The predicted octanol–water partition coefficient (Wildman–Crippen LogP) is 6.65. The van der Waals surface area contributed by atoms with Crippen molar-refractivity contribution in [3.8, 4) is 21.9 Å². The standard InChI is InChI=1S/C24H20FNO3S/c25-17-7-8-18(24-26-13-22(30-24)15-5-6-15)19(12-17)21-11-16-10-14(2-1-3-23(27)28)4-9-20(16)29-21/h4,7-13,15H,1-3,5-6H2,(H,27,28). The molecule has 0 unspecified atom stereocenters. The normalized spacial score (nSPS) is 13.8. The van der Waals surface area contributed by atoms with E-state index in [2.05, 4.69) is 4.98 Å². The van der Waals surface area contributed by atoms with Crippen LogP contribution in [0.3, 0.4) is 0 Å². The van der Waals surface area contributed by atoms with Gasteiger partial charge >= 0.3 is 5.97 Å². The van der Waals surface area contributed by atoms with E-state index in [1.807, 2.05) is 30.5 Å². The molecule has 0 amide bonds. The molecule has 0 bridgehead atoms. The molecule has 2 aromatic carbocycles. The van der Waals surface area contributed by atoms with Crippen LogP contribution in [0, 0.1) is 5.82 Å². The summed E-state index contributed by atoms with van der Waals surface area (Å²) in [6, 6.07) is 12.5. The van der Waals surface area contributed by atoms with Gasteiger partial charge in [-0.2, -0.15) is 0 Å². The van der Waals surface area contributed by atoms with E-state index < -0.39 is 5.97 Å². The molecule has 30 heavy (non-hydrogen) atoms. The van der Waals surface area contributed by atoms with Crippen molar-refractivity contribution in [3.05, 3.63) is 64.9 Å². The van der Waals surface area contributed by atoms with Crippen LogP contribution in [0.25, 0.3) is 32.9 Å². The number of aryl methyl sites for hydroxylation is 1. The topological polar surface area (TPSA) is 63.3 Å². The van der Waals surface area contributed by atoms with Crippen LogP contribution < -0.4 is 0 Å². The van der Waals surface area contributed by atoms with Crippen molar-refractivity contribution in [2.75, 3.05) is 0 Å². The molecule has 1 aliphatic carbocycles. The second-order valence-electron chi connectivity index (χ2n) is 7.76. The zero-order valence-electron chi connectivity index (χ0n) is 16.2. The molecule has 0 aliphatic heterocycles. The van der Waals surface area contributed by atoms with Crippen molar-refractivity contribution in [2.45, 2.75) is 38.0 Å². The molecular formula is C24H20FNO3S. The zero-order valence-corrected chi connectivity index (χ0v) is 17.0. The first kappa shape index (κ1) is 19.0. The fourth-order valence-corrected chi connectivity index (χ4v) is 4.82. The average Bonchev–Trinajstić information content (AvgIpc) is 3.30. The summed E-state index contributed by atoms with van der Waals surface area (Å²) in [6.45, 7) is 0. The largest absolute Gasteiger partial charge is 0.481 e. The van der Waals surface area contributed by atoms with Gasteiger partial charge in [0.25, 0.3) is 0 Å². The highest BCUT2D eigenvalue weighted by atomic mass is 32.1. The summed E-state index contributed by atoms with van der Waals surface area (Å²) in [5.74, 6) is 0.131. The van der Waals surface area contributed by atoms with E-state index in [-0.39, 0.29) is 12.2 Å². The second kappa shape index (κ2) is 7.69. The molecule has 1 saturated carbocycles. The Hall–Kier alpha value is -2.99. The Labute approximate surface area is 177 Å². The summed E-state index contributed by atoms with van der Waals surface area (Å²) in [5.41, 5.74) is 3.34. The minimum absolute atomic E-state index is 0.151. The third kappa shape index (κ3) is 3.87. The number of rotatable bonds is 7. The summed E-state index contributed by atoms with van der Waals surface area (Å²) in [6.07, 6.45) is 5.81. The quantitative estimate of drug-likeness (QED) is 0.363. The molecule has 2 heterocycles. The van der Waals surface area contributed by atoms with Gasteiger partial charge in [0, 0.05) is 34.0 Å². The van der Waals surface area contributed by atoms with E-state index in [0.29, 0.717) is 30.1 Å². The SMILES string of the molecule is O=C(O)CCCc1ccc2oc(-c3cc(F)ccc3-c3ncc(C4CC4)s3)cc2c1. The molecule has 6 heteroatoms. The number of fused-ring (bicyclic) bond motifs is 1. The monoisotopic (exact) mass is 421 g/mol. The number of furan rings is 1. The Bertz CT molecular complexity index is 1240. The van der Waals surface area contributed by atoms with Crippen LogP contribution in [0.1, 0.15) is 42.0 Å². The van der Waals surface area contributed by atoms with E-state index in [1.165, 1.54) is 29.9 Å². The summed E-state index contributed by atoms with van der Waals surface area (Å²) in [5, 5.41) is 10.6. The number of nitrogens with zero attached hydrogens (tertiary/aromatic N) is 1. The number of halogens is 1. The van der Waals surface area contributed by atoms with Crippen LogP contribution in [-0.2, 0) is 11.2 Å². The Balaban J connectivity index is 1.49. The van der Waals surface area contributed by atoms with E-state index in [0.717, 1.165) is 27.1 Å². The molecule has 1 fully saturated rings. The molecule has 0 saturated heterocycles. The van der Waals surface area contributed by atoms with Crippen molar-refractivity contribution in [3.63, 3.8) is 0 Å². The Morgan fingerprint density at radius 1 is 1.17 bits per heavy atom. The second-order valence-corrected chi connectivity index (χ2v) is 8.82. The molecule has 0 spiro atoms. The highest BCUT2D eigenvalue weighted by Gasteiger charge is 2.26. The third-order valence-electron chi connectivity index (χ3n) is 5.42. The minimum Gasteiger partial charge on any atom is -0.481 e. The van der Waals surface area contributed by atoms with Gasteiger partial charge in [0.15, 0.2) is 0 Å². The van der Waals surface area contributed by atoms with Crippen LogP contribution in [0.2, 0.25) is 0 Å². The fraction of sp³-hybridized carbons (Fsp3) is 0.250. The Morgan fingerprint density at radius 2 is 2.03 bits per heavy atom. The molecule has 152 valence electrons. The smallest absolute Gasteiger partial charge is 0.303 e. The third-order valence-corrected chi connectivity index (χ3v) is 6.61. The molecule has 0 atom stereocenters. The maximum Gasteiger partial charge on any atom is 0.303 e. The van der Waals surface area contributed by atoms with Crippen LogP contribution >= 0.6 is 11.3 Å². The maximum atomic E-state index is 14.1. The zero-order chi connectivity index (χ0) is 20.7. The first-order valence-electron chi connectivity index (χ1n) is 10.1. The Morgan fingerprint density at radius 3 is 2.83 bits per heavy atom. The molecule has 4 nitrogen and oxygen atoms in total. The number of benzene rings is 2. The summed E-state index contributed by atoms with van der Waals surface area (Å²) in [7, 11) is 0. The van der Waals surface area contributed by atoms with Gasteiger partial charge < -0.3 is 9.52 Å². The fourth-order valence-electron chi connectivity index (χ4n) is 3.70. The van der Waals surface area contributed by atoms with Gasteiger partial charge in [0.05, 0.1) is 0 Å². The van der Waals surface area contributed by atoms with Crippen LogP contribution in [0.5, 0.6) is 0 Å². The lowest BCUT2D eigenvalue weighted by Crippen LogP contribution is -1.95. The number of carboxylic acids is 1. The highest BCUT2D eigenvalue weighted by molar-refractivity contribution is 7.15. The number of carbonyl (C=O) groups is 1. The maximum absolute atomic E-state index is 14.1. The summed E-state index contributed by atoms with van der Waals surface area (Å²) < 4.78 is 20.2. The number of hydrogen-bond acceptors (Lipinski definition) is 4. The van der Waals surface area contributed by atoms with E-state index >= 15 is 0 Å². The lowest BCUT2D eigenvalue weighted by Gasteiger charge is -2.05. The lowest BCUT2D eigenvalue weighted by atomic mass is 10.0. The van der Waals surface area contributed by atoms with Gasteiger partial charge in [-0.15, -0.1) is 11.3 Å². The van der Waals surface area contributed by atoms with Gasteiger partial charge in [-0.1, -0.05) is 6.07 Å². The van der Waals surface area contributed by atoms with Crippen molar-refractivity contribution < 1.29 is 18.7 Å². The highest BCUT2D eigenvalue weighted by Crippen LogP contribution is 2.45. The van der Waals surface area contributed by atoms with Gasteiger partial charge in [0.2, 0.25) is 0 Å².